The number of hydrogen-bond acceptors (Lipinski definition) is 6. The van der Waals surface area contributed by atoms with Gasteiger partial charge in [0.05, 0.1) is 16.8 Å². The van der Waals surface area contributed by atoms with E-state index in [1.54, 1.807) is 11.3 Å². The smallest absolute Gasteiger partial charge is 0.329 e. The van der Waals surface area contributed by atoms with E-state index in [9.17, 15) is 14.4 Å². The number of anilines is 1. The van der Waals surface area contributed by atoms with Gasteiger partial charge in [-0.2, -0.15) is 0 Å². The number of quaternary nitrogens is 1. The van der Waals surface area contributed by atoms with Crippen molar-refractivity contribution < 1.29 is 9.69 Å². The summed E-state index contributed by atoms with van der Waals surface area (Å²) in [4.78, 5) is 45.4. The predicted octanol–water partition coefficient (Wildman–Crippen LogP) is 0.741. The summed E-state index contributed by atoms with van der Waals surface area (Å²) in [6.07, 6.45) is 2.61. The van der Waals surface area contributed by atoms with Gasteiger partial charge in [-0.05, 0) is 18.6 Å². The van der Waals surface area contributed by atoms with Crippen LogP contribution in [0.2, 0.25) is 0 Å². The van der Waals surface area contributed by atoms with Crippen molar-refractivity contribution >= 4 is 33.2 Å². The zero-order valence-corrected chi connectivity index (χ0v) is 17.1. The molecule has 3 heterocycles. The normalized spacial score (nSPS) is 19.1. The van der Waals surface area contributed by atoms with E-state index < -0.39 is 11.2 Å². The molecule has 1 fully saturated rings. The number of nitrogens with two attached hydrogens (primary N) is 1. The number of fused-ring (bicyclic) bond motifs is 1. The Morgan fingerprint density at radius 2 is 2.17 bits per heavy atom. The van der Waals surface area contributed by atoms with Crippen LogP contribution in [0.3, 0.4) is 0 Å². The first-order valence-electron chi connectivity index (χ1n) is 9.85. The summed E-state index contributed by atoms with van der Waals surface area (Å²) >= 11 is 1.66. The summed E-state index contributed by atoms with van der Waals surface area (Å²) in [5, 5.41) is 1.02. The number of nitrogens with zero attached hydrogens (tertiary/aromatic N) is 2. The molecule has 2 aromatic heterocycles. The van der Waals surface area contributed by atoms with Crippen molar-refractivity contribution in [3.63, 3.8) is 0 Å². The highest BCUT2D eigenvalue weighted by molar-refractivity contribution is 7.18. The maximum atomic E-state index is 13.0. The molecule has 1 aliphatic heterocycles. The fourth-order valence-electron chi connectivity index (χ4n) is 4.06. The van der Waals surface area contributed by atoms with Gasteiger partial charge in [0.25, 0.3) is 5.56 Å². The topological polar surface area (TPSA) is 115 Å². The summed E-state index contributed by atoms with van der Waals surface area (Å²) < 4.78 is 2.39. The molecular formula is C20H24N5O3S+. The van der Waals surface area contributed by atoms with Gasteiger partial charge < -0.3 is 10.6 Å². The standard InChI is InChI=1S/C20H23N5O3S/c1-2-9-25-17(21)16(18(27)23-20(25)28)14(26)11-24-10-5-7-13(24)19-22-12-6-3-4-8-15(12)29-19/h3-4,6,8,13H,2,5,7,9-11,21H2,1H3,(H,23,27,28)/p+1/t13-/m0/s1. The molecule has 0 saturated carbocycles. The Kier molecular flexibility index (Phi) is 5.33. The average molecular weight is 415 g/mol. The van der Waals surface area contributed by atoms with Crippen LogP contribution in [0.5, 0.6) is 0 Å². The van der Waals surface area contributed by atoms with Crippen LogP contribution in [0, 0.1) is 0 Å². The van der Waals surface area contributed by atoms with Crippen LogP contribution in [-0.2, 0) is 6.54 Å². The molecule has 29 heavy (non-hydrogen) atoms. The minimum atomic E-state index is -0.708. The van der Waals surface area contributed by atoms with Crippen molar-refractivity contribution in [2.75, 3.05) is 18.8 Å². The number of H-pyrrole nitrogens is 1. The highest BCUT2D eigenvalue weighted by Gasteiger charge is 2.35. The molecule has 0 spiro atoms. The first-order chi connectivity index (χ1) is 14.0. The SMILES string of the molecule is CCCn1c(N)c(C(=O)C[NH+]2CCC[C@H]2c2nc3ccccc3s2)c(=O)[nH]c1=O. The van der Waals surface area contributed by atoms with E-state index >= 15 is 0 Å². The second-order valence-corrected chi connectivity index (χ2v) is 8.46. The minimum Gasteiger partial charge on any atom is -0.384 e. The summed E-state index contributed by atoms with van der Waals surface area (Å²) in [6.45, 7) is 3.24. The molecule has 3 aromatic rings. The lowest BCUT2D eigenvalue weighted by atomic mass is 10.1. The number of ketones is 1. The fourth-order valence-corrected chi connectivity index (χ4v) is 5.22. The maximum absolute atomic E-state index is 13.0. The van der Waals surface area contributed by atoms with Crippen molar-refractivity contribution in [3.05, 3.63) is 55.7 Å². The maximum Gasteiger partial charge on any atom is 0.329 e. The molecule has 1 aliphatic rings. The number of nitrogen functional groups attached to an aromatic ring is 1. The summed E-state index contributed by atoms with van der Waals surface area (Å²) in [7, 11) is 0. The van der Waals surface area contributed by atoms with E-state index in [-0.39, 0.29) is 29.8 Å². The van der Waals surface area contributed by atoms with Crippen LogP contribution >= 0.6 is 11.3 Å². The average Bonchev–Trinajstić information content (AvgIpc) is 3.31. The number of benzene rings is 1. The molecule has 0 radical (unpaired) electrons. The monoisotopic (exact) mass is 414 g/mol. The van der Waals surface area contributed by atoms with Crippen LogP contribution in [0.1, 0.15) is 47.6 Å². The van der Waals surface area contributed by atoms with Gasteiger partial charge >= 0.3 is 5.69 Å². The van der Waals surface area contributed by atoms with Gasteiger partial charge in [-0.3, -0.25) is 19.1 Å². The van der Waals surface area contributed by atoms with Gasteiger partial charge in [-0.15, -0.1) is 11.3 Å². The third kappa shape index (κ3) is 3.63. The molecular weight excluding hydrogens is 390 g/mol. The molecule has 4 N–H and O–H groups in total. The van der Waals surface area contributed by atoms with Crippen molar-refractivity contribution in [1.82, 2.24) is 14.5 Å². The largest absolute Gasteiger partial charge is 0.384 e. The molecule has 1 saturated heterocycles. The lowest BCUT2D eigenvalue weighted by Gasteiger charge is -2.19. The Morgan fingerprint density at radius 1 is 1.38 bits per heavy atom. The first-order valence-corrected chi connectivity index (χ1v) is 10.7. The molecule has 0 aliphatic carbocycles. The van der Waals surface area contributed by atoms with Crippen LogP contribution in [0.4, 0.5) is 5.82 Å². The van der Waals surface area contributed by atoms with E-state index in [1.807, 2.05) is 31.2 Å². The van der Waals surface area contributed by atoms with Gasteiger partial charge in [0.2, 0.25) is 5.78 Å². The number of Topliss-reactive ketones (excluding diaryl/α,β-unsaturated/α-hetero) is 1. The number of aromatic nitrogens is 3. The number of carbonyl (C=O) groups excluding carboxylic acids is 1. The van der Waals surface area contributed by atoms with Crippen LogP contribution in [0.15, 0.2) is 33.9 Å². The Bertz CT molecular complexity index is 1150. The molecule has 2 atom stereocenters. The quantitative estimate of drug-likeness (QED) is 0.515. The minimum absolute atomic E-state index is 0.0410. The summed E-state index contributed by atoms with van der Waals surface area (Å²) in [6, 6.07) is 8.13. The number of thiazole rings is 1. The summed E-state index contributed by atoms with van der Waals surface area (Å²) in [5.41, 5.74) is 5.62. The number of nitrogens with one attached hydrogen (secondary N) is 2. The molecule has 0 amide bonds. The fraction of sp³-hybridized carbons (Fsp3) is 0.400. The van der Waals surface area contributed by atoms with E-state index in [1.165, 1.54) is 4.57 Å². The van der Waals surface area contributed by atoms with Crippen molar-refractivity contribution in [2.45, 2.75) is 38.8 Å². The molecule has 8 nitrogen and oxygen atoms in total. The molecule has 9 heteroatoms. The van der Waals surface area contributed by atoms with E-state index in [2.05, 4.69) is 4.98 Å². The highest BCUT2D eigenvalue weighted by Crippen LogP contribution is 2.28. The third-order valence-corrected chi connectivity index (χ3v) is 6.60. The van der Waals surface area contributed by atoms with Gasteiger partial charge in [0.1, 0.15) is 24.0 Å². The molecule has 0 bridgehead atoms. The van der Waals surface area contributed by atoms with Gasteiger partial charge in [-0.25, -0.2) is 9.78 Å². The van der Waals surface area contributed by atoms with Crippen molar-refractivity contribution in [2.24, 2.45) is 0 Å². The van der Waals surface area contributed by atoms with Crippen LogP contribution < -0.4 is 21.9 Å². The number of rotatable bonds is 6. The number of aromatic amines is 1. The summed E-state index contributed by atoms with van der Waals surface area (Å²) in [5.74, 6) is -0.377. The van der Waals surface area contributed by atoms with Gasteiger partial charge in [0.15, 0.2) is 5.01 Å². The van der Waals surface area contributed by atoms with E-state index in [4.69, 9.17) is 10.7 Å². The number of carbonyl (C=O) groups is 1. The highest BCUT2D eigenvalue weighted by atomic mass is 32.1. The Morgan fingerprint density at radius 3 is 2.93 bits per heavy atom. The van der Waals surface area contributed by atoms with E-state index in [0.717, 1.165) is 39.5 Å². The number of likely N-dealkylation sites (tertiary alicyclic amines) is 1. The van der Waals surface area contributed by atoms with Crippen molar-refractivity contribution in [3.8, 4) is 0 Å². The lowest BCUT2D eigenvalue weighted by molar-refractivity contribution is -0.909. The molecule has 1 unspecified atom stereocenters. The van der Waals surface area contributed by atoms with Crippen LogP contribution in [0.25, 0.3) is 10.2 Å². The van der Waals surface area contributed by atoms with Gasteiger partial charge in [0, 0.05) is 19.4 Å². The Balaban J connectivity index is 1.62. The molecule has 4 rings (SSSR count). The first kappa shape index (κ1) is 19.5. The van der Waals surface area contributed by atoms with Gasteiger partial charge in [-0.1, -0.05) is 19.1 Å². The Hall–Kier alpha value is -2.78. The van der Waals surface area contributed by atoms with E-state index in [0.29, 0.717) is 13.0 Å². The third-order valence-electron chi connectivity index (χ3n) is 5.45. The Labute approximate surface area is 171 Å². The van der Waals surface area contributed by atoms with Crippen LogP contribution in [-0.4, -0.2) is 33.4 Å². The zero-order chi connectivity index (χ0) is 20.5. The number of hydrogen-bond donors (Lipinski definition) is 3. The van der Waals surface area contributed by atoms with Crippen molar-refractivity contribution in [1.29, 1.82) is 0 Å². The number of para-hydroxylation sites is 1. The predicted molar refractivity (Wildman–Crippen MR) is 113 cm³/mol. The lowest BCUT2D eigenvalue weighted by Crippen LogP contribution is -3.11. The molecule has 152 valence electrons. The molecule has 1 aromatic carbocycles. The zero-order valence-electron chi connectivity index (χ0n) is 16.2. The second-order valence-electron chi connectivity index (χ2n) is 7.39. The second kappa shape index (κ2) is 7.92.